The molecule has 3 nitrogen and oxygen atoms in total. The van der Waals surface area contributed by atoms with Crippen molar-refractivity contribution in [3.05, 3.63) is 149 Å². The smallest absolute Gasteiger partial charge is 0.178 e. The lowest BCUT2D eigenvalue weighted by Gasteiger charge is -2.52. The van der Waals surface area contributed by atoms with Crippen LogP contribution in [0.3, 0.4) is 0 Å². The van der Waals surface area contributed by atoms with Gasteiger partial charge >= 0.3 is 0 Å². The van der Waals surface area contributed by atoms with E-state index in [9.17, 15) is 0 Å². The molecule has 0 radical (unpaired) electrons. The van der Waals surface area contributed by atoms with Crippen molar-refractivity contribution in [1.29, 1.82) is 0 Å². The van der Waals surface area contributed by atoms with Crippen LogP contribution >= 0.6 is 23.5 Å². The van der Waals surface area contributed by atoms with E-state index in [1.165, 1.54) is 59.9 Å². The second-order valence-corrected chi connectivity index (χ2v) is 19.5. The van der Waals surface area contributed by atoms with Gasteiger partial charge < -0.3 is 14.2 Å². The van der Waals surface area contributed by atoms with Gasteiger partial charge in [-0.05, 0) is 143 Å². The standard InChI is InChI=1S/C51H50O3S2/c1-32-26-41-42(28-44(32)55-8)47-40(24-25-51(54-47,33-14-18-35(52-6)19-15-33)34-16-20-36(53-7)21-17-34)46-45(41)39-23-22-38(56-37-12-10-9-11-13-37)27-43(39)50(46)30-48(2,3)29-49(4,5)31-50/h9-28H,29-31H2,1-8H3. The van der Waals surface area contributed by atoms with Crippen LogP contribution in [-0.4, -0.2) is 20.5 Å². The summed E-state index contributed by atoms with van der Waals surface area (Å²) in [5.41, 5.74) is 9.37. The fraction of sp³-hybridized carbons (Fsp3) is 0.294. The zero-order chi connectivity index (χ0) is 39.0. The van der Waals surface area contributed by atoms with Gasteiger partial charge in [0.05, 0.1) is 14.2 Å². The molecule has 1 fully saturated rings. The number of methoxy groups -OCH3 is 2. The monoisotopic (exact) mass is 774 g/mol. The van der Waals surface area contributed by atoms with Crippen LogP contribution in [0.1, 0.15) is 80.3 Å². The van der Waals surface area contributed by atoms with Gasteiger partial charge in [0.1, 0.15) is 17.2 Å². The van der Waals surface area contributed by atoms with Gasteiger partial charge in [0.25, 0.3) is 0 Å². The Balaban J connectivity index is 1.36. The summed E-state index contributed by atoms with van der Waals surface area (Å²) < 4.78 is 19.0. The van der Waals surface area contributed by atoms with Crippen LogP contribution in [0, 0.1) is 17.8 Å². The summed E-state index contributed by atoms with van der Waals surface area (Å²) in [6.07, 6.45) is 10.2. The Kier molecular flexibility index (Phi) is 8.94. The molecule has 3 aliphatic rings. The molecule has 1 spiro atoms. The highest BCUT2D eigenvalue weighted by Gasteiger charge is 2.55. The topological polar surface area (TPSA) is 27.7 Å². The molecule has 56 heavy (non-hydrogen) atoms. The summed E-state index contributed by atoms with van der Waals surface area (Å²) in [7, 11) is 3.43. The normalized spacial score (nSPS) is 17.9. The van der Waals surface area contributed by atoms with E-state index in [4.69, 9.17) is 14.2 Å². The van der Waals surface area contributed by atoms with Crippen LogP contribution in [0.5, 0.6) is 17.2 Å². The molecule has 0 amide bonds. The number of rotatable bonds is 7. The van der Waals surface area contributed by atoms with Crippen molar-refractivity contribution in [2.45, 2.75) is 79.6 Å². The molecular weight excluding hydrogens is 725 g/mol. The maximum Gasteiger partial charge on any atom is 0.178 e. The van der Waals surface area contributed by atoms with Crippen molar-refractivity contribution in [2.75, 3.05) is 20.5 Å². The van der Waals surface area contributed by atoms with E-state index in [1.54, 1.807) is 26.0 Å². The van der Waals surface area contributed by atoms with Gasteiger partial charge in [-0.15, -0.1) is 11.8 Å². The second kappa shape index (κ2) is 13.5. The lowest BCUT2D eigenvalue weighted by molar-refractivity contribution is 0.0641. The summed E-state index contributed by atoms with van der Waals surface area (Å²) >= 11 is 3.66. The van der Waals surface area contributed by atoms with Crippen LogP contribution in [0.4, 0.5) is 0 Å². The third kappa shape index (κ3) is 5.96. The second-order valence-electron chi connectivity index (χ2n) is 17.6. The van der Waals surface area contributed by atoms with E-state index in [1.807, 2.05) is 36.0 Å². The minimum atomic E-state index is -0.889. The van der Waals surface area contributed by atoms with E-state index in [2.05, 4.69) is 138 Å². The number of thioether (sulfide) groups is 1. The molecule has 0 atom stereocenters. The number of aryl methyl sites for hydroxylation is 1. The van der Waals surface area contributed by atoms with Gasteiger partial charge in [-0.3, -0.25) is 0 Å². The van der Waals surface area contributed by atoms with Crippen molar-refractivity contribution >= 4 is 40.4 Å². The highest BCUT2D eigenvalue weighted by molar-refractivity contribution is 7.99. The summed E-state index contributed by atoms with van der Waals surface area (Å²) in [5, 5.41) is 2.43. The first-order valence-corrected chi connectivity index (χ1v) is 21.7. The van der Waals surface area contributed by atoms with E-state index in [0.717, 1.165) is 46.6 Å². The summed E-state index contributed by atoms with van der Waals surface area (Å²) in [5.74, 6) is 2.58. The molecule has 1 saturated carbocycles. The number of hydrogen-bond acceptors (Lipinski definition) is 5. The van der Waals surface area contributed by atoms with Crippen molar-refractivity contribution in [3.63, 3.8) is 0 Å². The summed E-state index contributed by atoms with van der Waals surface area (Å²) in [6, 6.07) is 39.6. The minimum absolute atomic E-state index is 0.124. The zero-order valence-corrected chi connectivity index (χ0v) is 35.3. The molecule has 5 heteroatoms. The van der Waals surface area contributed by atoms with Crippen molar-refractivity contribution < 1.29 is 14.2 Å². The van der Waals surface area contributed by atoms with E-state index >= 15 is 0 Å². The quantitative estimate of drug-likeness (QED) is 0.151. The predicted molar refractivity (Wildman–Crippen MR) is 235 cm³/mol. The maximum absolute atomic E-state index is 7.77. The van der Waals surface area contributed by atoms with Gasteiger partial charge in [0.2, 0.25) is 0 Å². The molecule has 2 aliphatic carbocycles. The van der Waals surface area contributed by atoms with Crippen molar-refractivity contribution in [1.82, 2.24) is 0 Å². The van der Waals surface area contributed by atoms with Gasteiger partial charge in [-0.25, -0.2) is 0 Å². The first-order chi connectivity index (χ1) is 26.9. The fourth-order valence-electron chi connectivity index (χ4n) is 10.9. The van der Waals surface area contributed by atoms with E-state index < -0.39 is 5.60 Å². The fourth-order valence-corrected chi connectivity index (χ4v) is 12.4. The molecule has 0 unspecified atom stereocenters. The lowest BCUT2D eigenvalue weighted by Crippen LogP contribution is -2.44. The Morgan fingerprint density at radius 3 is 1.88 bits per heavy atom. The number of ether oxygens (including phenoxy) is 3. The molecule has 0 aromatic heterocycles. The minimum Gasteiger partial charge on any atom is -0.497 e. The third-order valence-electron chi connectivity index (χ3n) is 12.3. The molecule has 1 heterocycles. The predicted octanol–water partition coefficient (Wildman–Crippen LogP) is 13.9. The highest BCUT2D eigenvalue weighted by atomic mass is 32.2. The molecule has 0 bridgehead atoms. The Hall–Kier alpha value is -4.58. The molecule has 0 saturated heterocycles. The third-order valence-corrected chi connectivity index (χ3v) is 14.2. The van der Waals surface area contributed by atoms with Gasteiger partial charge in [-0.1, -0.05) is 94.1 Å². The lowest BCUT2D eigenvalue weighted by atomic mass is 9.52. The Bertz CT molecular complexity index is 2450. The van der Waals surface area contributed by atoms with Crippen molar-refractivity contribution in [3.8, 4) is 28.4 Å². The Morgan fingerprint density at radius 2 is 1.29 bits per heavy atom. The SMILES string of the molecule is COc1ccc(C2(c3ccc(OC)cc3)C=Cc3c4c(c5cc(C)c(SC)cc5c3O2)-c2ccc(Sc3ccccc3)cc2C42CC(C)(C)CC(C)(C)C2)cc1. The Labute approximate surface area is 340 Å². The van der Waals surface area contributed by atoms with E-state index in [-0.39, 0.29) is 16.2 Å². The summed E-state index contributed by atoms with van der Waals surface area (Å²) in [6.45, 7) is 12.2. The van der Waals surface area contributed by atoms with Crippen LogP contribution in [-0.2, 0) is 11.0 Å². The number of fused-ring (bicyclic) bond motifs is 10. The zero-order valence-electron chi connectivity index (χ0n) is 33.7. The summed E-state index contributed by atoms with van der Waals surface area (Å²) in [4.78, 5) is 3.81. The molecule has 0 N–H and O–H groups in total. The van der Waals surface area contributed by atoms with Crippen LogP contribution in [0.25, 0.3) is 28.0 Å². The van der Waals surface area contributed by atoms with Gasteiger partial charge in [0.15, 0.2) is 5.60 Å². The van der Waals surface area contributed by atoms with Crippen LogP contribution in [0.2, 0.25) is 0 Å². The molecular formula is C51H50O3S2. The van der Waals surface area contributed by atoms with E-state index in [0.29, 0.717) is 0 Å². The molecule has 1 aliphatic heterocycles. The van der Waals surface area contributed by atoms with Gasteiger partial charge in [-0.2, -0.15) is 0 Å². The maximum atomic E-state index is 7.77. The first-order valence-electron chi connectivity index (χ1n) is 19.6. The van der Waals surface area contributed by atoms with Crippen molar-refractivity contribution in [2.24, 2.45) is 10.8 Å². The average molecular weight is 775 g/mol. The Morgan fingerprint density at radius 1 is 0.661 bits per heavy atom. The largest absolute Gasteiger partial charge is 0.497 e. The highest BCUT2D eigenvalue weighted by Crippen LogP contribution is 2.67. The molecule has 6 aromatic rings. The van der Waals surface area contributed by atoms with Gasteiger partial charge in [0, 0.05) is 42.2 Å². The number of benzene rings is 6. The molecule has 284 valence electrons. The van der Waals surface area contributed by atoms with Crippen LogP contribution < -0.4 is 14.2 Å². The molecule has 6 aromatic carbocycles. The first kappa shape index (κ1) is 37.0. The average Bonchev–Trinajstić information content (AvgIpc) is 3.44. The number of hydrogen-bond donors (Lipinski definition) is 0. The molecule has 9 rings (SSSR count). The van der Waals surface area contributed by atoms with Crippen LogP contribution in [0.15, 0.2) is 130 Å².